The van der Waals surface area contributed by atoms with E-state index in [1.54, 1.807) is 6.07 Å². The summed E-state index contributed by atoms with van der Waals surface area (Å²) in [5.41, 5.74) is 5.99. The molecule has 0 radical (unpaired) electrons. The van der Waals surface area contributed by atoms with Gasteiger partial charge in [0.15, 0.2) is 0 Å². The van der Waals surface area contributed by atoms with Gasteiger partial charge in [-0.15, -0.1) is 0 Å². The van der Waals surface area contributed by atoms with Gasteiger partial charge in [-0.1, -0.05) is 18.0 Å². The van der Waals surface area contributed by atoms with E-state index in [1.807, 2.05) is 0 Å². The van der Waals surface area contributed by atoms with Crippen molar-refractivity contribution in [3.63, 3.8) is 0 Å². The smallest absolute Gasteiger partial charge is 0.250 e. The molecule has 90 valence electrons. The average molecular weight is 253 g/mol. The lowest BCUT2D eigenvalue weighted by molar-refractivity contribution is -0.122. The van der Waals surface area contributed by atoms with Crippen LogP contribution in [0.2, 0.25) is 5.02 Å². The fourth-order valence-electron chi connectivity index (χ4n) is 1.71. The first-order valence-corrected chi connectivity index (χ1v) is 5.86. The number of carbonyl (C=O) groups is 2. The molecule has 0 saturated heterocycles. The predicted molar refractivity (Wildman–Crippen MR) is 65.9 cm³/mol. The number of nitrogens with one attached hydrogen (secondary N) is 1. The second-order valence-electron chi connectivity index (χ2n) is 4.18. The van der Waals surface area contributed by atoms with Gasteiger partial charge in [0.1, 0.15) is 0 Å². The summed E-state index contributed by atoms with van der Waals surface area (Å²) >= 11 is 5.88. The molecule has 1 aromatic carbocycles. The summed E-state index contributed by atoms with van der Waals surface area (Å²) in [6.07, 6.45) is 3.00. The molecule has 1 aliphatic rings. The molecule has 0 spiro atoms. The van der Waals surface area contributed by atoms with Gasteiger partial charge in [0.2, 0.25) is 11.8 Å². The average Bonchev–Trinajstić information content (AvgIpc) is 2.13. The van der Waals surface area contributed by atoms with E-state index in [9.17, 15) is 9.59 Å². The molecular weight excluding hydrogens is 240 g/mol. The third-order valence-corrected chi connectivity index (χ3v) is 3.29. The molecule has 2 rings (SSSR count). The lowest BCUT2D eigenvalue weighted by Crippen LogP contribution is -2.28. The zero-order chi connectivity index (χ0) is 12.4. The highest BCUT2D eigenvalue weighted by Crippen LogP contribution is 2.28. The molecule has 0 bridgehead atoms. The number of amides is 2. The van der Waals surface area contributed by atoms with E-state index in [4.69, 9.17) is 17.3 Å². The number of nitrogens with two attached hydrogens (primary N) is 1. The summed E-state index contributed by atoms with van der Waals surface area (Å²) in [5, 5.41) is 3.03. The van der Waals surface area contributed by atoms with E-state index >= 15 is 0 Å². The number of hydrogen-bond donors (Lipinski definition) is 2. The van der Waals surface area contributed by atoms with Crippen LogP contribution in [0.25, 0.3) is 0 Å². The summed E-state index contributed by atoms with van der Waals surface area (Å²) in [7, 11) is 0. The Labute approximate surface area is 104 Å². The van der Waals surface area contributed by atoms with Gasteiger partial charge in [-0.05, 0) is 31.0 Å². The molecule has 2 amide bonds. The van der Waals surface area contributed by atoms with Crippen molar-refractivity contribution in [2.24, 2.45) is 11.7 Å². The van der Waals surface area contributed by atoms with E-state index < -0.39 is 5.91 Å². The van der Waals surface area contributed by atoms with Gasteiger partial charge in [0.25, 0.3) is 0 Å². The molecule has 0 atom stereocenters. The Bertz CT molecular complexity index is 470. The Balaban J connectivity index is 2.09. The molecule has 0 heterocycles. The third-order valence-electron chi connectivity index (χ3n) is 2.98. The molecule has 1 saturated carbocycles. The molecule has 1 fully saturated rings. The largest absolute Gasteiger partial charge is 0.366 e. The number of hydrogen-bond acceptors (Lipinski definition) is 2. The number of halogens is 1. The minimum Gasteiger partial charge on any atom is -0.366 e. The number of benzene rings is 1. The summed E-state index contributed by atoms with van der Waals surface area (Å²) in [6, 6.07) is 4.68. The molecule has 4 nitrogen and oxygen atoms in total. The zero-order valence-electron chi connectivity index (χ0n) is 9.20. The molecule has 1 aromatic rings. The number of carbonyl (C=O) groups excluding carboxylic acids is 2. The molecule has 17 heavy (non-hydrogen) atoms. The van der Waals surface area contributed by atoms with Crippen LogP contribution in [0.15, 0.2) is 18.2 Å². The van der Waals surface area contributed by atoms with Gasteiger partial charge >= 0.3 is 0 Å². The van der Waals surface area contributed by atoms with Crippen LogP contribution < -0.4 is 11.1 Å². The van der Waals surface area contributed by atoms with Crippen molar-refractivity contribution in [1.82, 2.24) is 0 Å². The normalized spacial score (nSPS) is 15.1. The lowest BCUT2D eigenvalue weighted by Gasteiger charge is -2.24. The van der Waals surface area contributed by atoms with Gasteiger partial charge in [-0.25, -0.2) is 0 Å². The van der Waals surface area contributed by atoms with Crippen LogP contribution in [-0.2, 0) is 4.79 Å². The van der Waals surface area contributed by atoms with Crippen molar-refractivity contribution in [2.75, 3.05) is 5.32 Å². The van der Waals surface area contributed by atoms with Crippen LogP contribution >= 0.6 is 11.6 Å². The van der Waals surface area contributed by atoms with Gasteiger partial charge < -0.3 is 11.1 Å². The van der Waals surface area contributed by atoms with Crippen molar-refractivity contribution in [3.8, 4) is 0 Å². The fraction of sp³-hybridized carbons (Fsp3) is 0.333. The van der Waals surface area contributed by atoms with E-state index in [-0.39, 0.29) is 22.4 Å². The van der Waals surface area contributed by atoms with Crippen LogP contribution in [0.1, 0.15) is 29.6 Å². The van der Waals surface area contributed by atoms with E-state index in [0.717, 1.165) is 19.3 Å². The summed E-state index contributed by atoms with van der Waals surface area (Å²) < 4.78 is 0. The van der Waals surface area contributed by atoms with Crippen LogP contribution in [0.4, 0.5) is 5.69 Å². The maximum atomic E-state index is 11.7. The summed E-state index contributed by atoms with van der Waals surface area (Å²) in [6.45, 7) is 0. The molecule has 0 unspecified atom stereocenters. The van der Waals surface area contributed by atoms with Gasteiger partial charge in [0, 0.05) is 11.6 Å². The van der Waals surface area contributed by atoms with Crippen LogP contribution in [0.3, 0.4) is 0 Å². The molecule has 5 heteroatoms. The van der Waals surface area contributed by atoms with E-state index in [1.165, 1.54) is 12.1 Å². The first kappa shape index (κ1) is 11.9. The first-order valence-electron chi connectivity index (χ1n) is 5.48. The van der Waals surface area contributed by atoms with Crippen LogP contribution in [-0.4, -0.2) is 11.8 Å². The minimum atomic E-state index is -0.577. The molecule has 1 aliphatic carbocycles. The lowest BCUT2D eigenvalue weighted by atomic mass is 9.85. The van der Waals surface area contributed by atoms with E-state index in [0.29, 0.717) is 5.69 Å². The Morgan fingerprint density at radius 1 is 1.35 bits per heavy atom. The number of primary amides is 1. The van der Waals surface area contributed by atoms with Crippen molar-refractivity contribution in [2.45, 2.75) is 19.3 Å². The Hall–Kier alpha value is -1.55. The van der Waals surface area contributed by atoms with Crippen LogP contribution in [0.5, 0.6) is 0 Å². The maximum absolute atomic E-state index is 11.7. The quantitative estimate of drug-likeness (QED) is 0.865. The minimum absolute atomic E-state index is 0.0131. The SMILES string of the molecule is NC(=O)c1ccc(NC(=O)C2CCC2)cc1Cl. The Kier molecular flexibility index (Phi) is 3.33. The molecule has 0 aliphatic heterocycles. The van der Waals surface area contributed by atoms with Gasteiger partial charge in [-0.3, -0.25) is 9.59 Å². The molecule has 0 aromatic heterocycles. The van der Waals surface area contributed by atoms with Crippen molar-refractivity contribution in [3.05, 3.63) is 28.8 Å². The highest BCUT2D eigenvalue weighted by Gasteiger charge is 2.25. The second kappa shape index (κ2) is 4.75. The molecular formula is C12H13ClN2O2. The van der Waals surface area contributed by atoms with Gasteiger partial charge in [0.05, 0.1) is 10.6 Å². The first-order chi connectivity index (χ1) is 8.08. The van der Waals surface area contributed by atoms with Crippen LogP contribution in [0, 0.1) is 5.92 Å². The monoisotopic (exact) mass is 252 g/mol. The molecule has 3 N–H and O–H groups in total. The summed E-state index contributed by atoms with van der Waals surface area (Å²) in [4.78, 5) is 22.6. The second-order valence-corrected chi connectivity index (χ2v) is 4.58. The van der Waals surface area contributed by atoms with Gasteiger partial charge in [-0.2, -0.15) is 0 Å². The predicted octanol–water partition coefficient (Wildman–Crippen LogP) is 2.18. The number of rotatable bonds is 3. The summed E-state index contributed by atoms with van der Waals surface area (Å²) in [5.74, 6) is -0.449. The fourth-order valence-corrected chi connectivity index (χ4v) is 1.98. The number of anilines is 1. The Morgan fingerprint density at radius 2 is 2.06 bits per heavy atom. The topological polar surface area (TPSA) is 72.2 Å². The zero-order valence-corrected chi connectivity index (χ0v) is 9.96. The Morgan fingerprint density at radius 3 is 2.53 bits per heavy atom. The highest BCUT2D eigenvalue weighted by molar-refractivity contribution is 6.34. The highest BCUT2D eigenvalue weighted by atomic mass is 35.5. The van der Waals surface area contributed by atoms with E-state index in [2.05, 4.69) is 5.32 Å². The standard InChI is InChI=1S/C12H13ClN2O2/c13-10-6-8(4-5-9(10)11(14)16)15-12(17)7-2-1-3-7/h4-7H,1-3H2,(H2,14,16)(H,15,17). The maximum Gasteiger partial charge on any atom is 0.250 e. The van der Waals surface area contributed by atoms with Crippen molar-refractivity contribution in [1.29, 1.82) is 0 Å². The van der Waals surface area contributed by atoms with Crippen molar-refractivity contribution < 1.29 is 9.59 Å². The van der Waals surface area contributed by atoms with Crippen molar-refractivity contribution >= 4 is 29.1 Å². The third kappa shape index (κ3) is 2.58.